The molecule has 1 aliphatic heterocycles. The summed E-state index contributed by atoms with van der Waals surface area (Å²) in [6.45, 7) is 0. The summed E-state index contributed by atoms with van der Waals surface area (Å²) >= 11 is 12.5. The van der Waals surface area contributed by atoms with Crippen LogP contribution in [-0.2, 0) is 14.3 Å². The Morgan fingerprint density at radius 2 is 1.98 bits per heavy atom. The van der Waals surface area contributed by atoms with Crippen LogP contribution in [0.25, 0.3) is 11.8 Å². The Morgan fingerprint density at radius 1 is 1.20 bits per heavy atom. The fraction of sp³-hybridized carbons (Fsp3) is 0.172. The molecule has 232 valence electrons. The molecule has 3 amide bonds. The van der Waals surface area contributed by atoms with Crippen molar-refractivity contribution in [2.45, 2.75) is 25.3 Å². The molecule has 3 rings (SSSR count). The van der Waals surface area contributed by atoms with Crippen molar-refractivity contribution in [1.29, 1.82) is 0 Å². The quantitative estimate of drug-likeness (QED) is 0.0464. The van der Waals surface area contributed by atoms with E-state index in [4.69, 9.17) is 46.4 Å². The highest BCUT2D eigenvalue weighted by molar-refractivity contribution is 6.31. The summed E-state index contributed by atoms with van der Waals surface area (Å²) in [6, 6.07) is 8.94. The number of hydrazine groups is 1. The first kappa shape index (κ1) is 33.5. The van der Waals surface area contributed by atoms with Gasteiger partial charge in [-0.25, -0.2) is 10.6 Å². The van der Waals surface area contributed by atoms with Crippen LogP contribution in [0.3, 0.4) is 0 Å². The molecule has 0 saturated heterocycles. The molecule has 2 aromatic rings. The molecule has 13 nitrogen and oxygen atoms in total. The first-order valence-corrected chi connectivity index (χ1v) is 13.9. The third kappa shape index (κ3) is 9.52. The van der Waals surface area contributed by atoms with Crippen LogP contribution in [0, 0.1) is 0 Å². The highest BCUT2D eigenvalue weighted by Gasteiger charge is 2.19. The minimum Gasteiger partial charge on any atom is -0.453 e. The van der Waals surface area contributed by atoms with Gasteiger partial charge < -0.3 is 32.7 Å². The van der Waals surface area contributed by atoms with Crippen molar-refractivity contribution in [1.82, 2.24) is 5.32 Å². The lowest BCUT2D eigenvalue weighted by atomic mass is 10.00. The number of hydrazone groups is 1. The van der Waals surface area contributed by atoms with Gasteiger partial charge in [-0.3, -0.25) is 19.9 Å². The van der Waals surface area contributed by atoms with Gasteiger partial charge in [0.1, 0.15) is 11.5 Å². The minimum atomic E-state index is -0.707. The van der Waals surface area contributed by atoms with Crippen LogP contribution >= 0.6 is 23.2 Å². The van der Waals surface area contributed by atoms with E-state index in [1.807, 2.05) is 12.2 Å². The van der Waals surface area contributed by atoms with Crippen LogP contribution < -0.4 is 44.1 Å². The number of nitrogens with two attached hydrogens (primary N) is 4. The fourth-order valence-corrected chi connectivity index (χ4v) is 4.55. The van der Waals surface area contributed by atoms with E-state index in [2.05, 4.69) is 25.8 Å². The lowest BCUT2D eigenvalue weighted by Crippen LogP contribution is -2.35. The molecular formula is C29H33Cl2N9O4. The summed E-state index contributed by atoms with van der Waals surface area (Å²) in [7, 11) is 1.23. The van der Waals surface area contributed by atoms with E-state index in [-0.39, 0.29) is 29.6 Å². The predicted molar refractivity (Wildman–Crippen MR) is 175 cm³/mol. The van der Waals surface area contributed by atoms with Crippen molar-refractivity contribution in [2.75, 3.05) is 22.8 Å². The number of methoxy groups -OCH3 is 1. The zero-order chi connectivity index (χ0) is 32.2. The number of carbonyl (C=O) groups excluding carboxylic acids is 3. The van der Waals surface area contributed by atoms with E-state index in [1.165, 1.54) is 36.7 Å². The molecule has 11 N–H and O–H groups in total. The third-order valence-corrected chi connectivity index (χ3v) is 6.72. The van der Waals surface area contributed by atoms with Crippen LogP contribution in [0.5, 0.6) is 0 Å². The first-order valence-electron chi connectivity index (χ1n) is 13.1. The van der Waals surface area contributed by atoms with Gasteiger partial charge in [0.05, 0.1) is 24.5 Å². The van der Waals surface area contributed by atoms with Crippen molar-refractivity contribution in [2.24, 2.45) is 28.3 Å². The van der Waals surface area contributed by atoms with E-state index < -0.39 is 18.0 Å². The van der Waals surface area contributed by atoms with E-state index in [0.717, 1.165) is 0 Å². The molecule has 1 unspecified atom stereocenters. The summed E-state index contributed by atoms with van der Waals surface area (Å²) in [4.78, 5) is 37.5. The van der Waals surface area contributed by atoms with Crippen LogP contribution in [0.4, 0.5) is 21.9 Å². The van der Waals surface area contributed by atoms with E-state index in [0.29, 0.717) is 45.2 Å². The van der Waals surface area contributed by atoms with Crippen LogP contribution in [-0.4, -0.2) is 37.4 Å². The number of nitrogens with zero attached hydrogens (tertiary/aromatic N) is 2. The zero-order valence-corrected chi connectivity index (χ0v) is 25.2. The second kappa shape index (κ2) is 16.0. The Hall–Kier alpha value is -4.98. The van der Waals surface area contributed by atoms with Gasteiger partial charge >= 0.3 is 6.09 Å². The number of nitrogens with one attached hydrogen (secondary N) is 3. The molecule has 15 heteroatoms. The largest absolute Gasteiger partial charge is 0.453 e. The van der Waals surface area contributed by atoms with Crippen molar-refractivity contribution in [3.05, 3.63) is 87.6 Å². The Kier molecular flexibility index (Phi) is 12.2. The number of allylic oxidation sites excluding steroid dienone is 1. The first-order chi connectivity index (χ1) is 21.0. The van der Waals surface area contributed by atoms with Crippen LogP contribution in [0.1, 0.15) is 30.4 Å². The Morgan fingerprint density at radius 3 is 2.68 bits per heavy atom. The molecule has 2 aromatic carbocycles. The van der Waals surface area contributed by atoms with Gasteiger partial charge in [-0.15, -0.1) is 0 Å². The number of carbonyl (C=O) groups is 3. The van der Waals surface area contributed by atoms with Crippen molar-refractivity contribution < 1.29 is 19.1 Å². The zero-order valence-electron chi connectivity index (χ0n) is 23.7. The standard InChI is InChI=1S/C29H33Cl2N9O4/c1-44-29(43)37-19-9-10-20-22(32)15-21(28(31)33)23(5-3-2-4-6-26(41)39-24(20)14-19)38-27(42)12-7-17-13-18(30)8-11-25(17)40(35)16-36-34/h2-3,7-16,23H,4-6,32-35H2,1H3,(H,37,43)(H,38,42)(H,39,41)/b3-2+,12-7+,22-15-,28-21+,36-16-. The number of amides is 3. The summed E-state index contributed by atoms with van der Waals surface area (Å²) in [5.74, 6) is 10.4. The summed E-state index contributed by atoms with van der Waals surface area (Å²) in [5.41, 5.74) is 15.2. The summed E-state index contributed by atoms with van der Waals surface area (Å²) in [6.07, 6.45) is 9.37. The smallest absolute Gasteiger partial charge is 0.411 e. The molecule has 0 aromatic heterocycles. The molecule has 0 aliphatic carbocycles. The van der Waals surface area contributed by atoms with E-state index >= 15 is 0 Å². The van der Waals surface area contributed by atoms with Gasteiger partial charge in [0.25, 0.3) is 0 Å². The number of ether oxygens (including phenoxy) is 1. The third-order valence-electron chi connectivity index (χ3n) is 6.26. The number of rotatable bonds is 6. The number of hydrogen-bond donors (Lipinski definition) is 7. The van der Waals surface area contributed by atoms with Crippen LogP contribution in [0.2, 0.25) is 5.02 Å². The molecular weight excluding hydrogens is 609 g/mol. The SMILES string of the molecule is COC(=O)Nc1ccc2c(c1)NC(=O)CC/C=C/CC(NC(=O)/C=C/c1cc(Cl)ccc1N(N)/C=N\N)C(=C(/N)Cl)/C=C/2N. The maximum Gasteiger partial charge on any atom is 0.411 e. The number of hydrogen-bond acceptors (Lipinski definition) is 9. The Bertz CT molecular complexity index is 1550. The molecule has 1 aliphatic rings. The van der Waals surface area contributed by atoms with Crippen molar-refractivity contribution >= 4 is 76.3 Å². The van der Waals surface area contributed by atoms with Crippen LogP contribution in [0.15, 0.2) is 76.5 Å². The van der Waals surface area contributed by atoms with Gasteiger partial charge in [-0.2, -0.15) is 5.10 Å². The number of fused-ring (bicyclic) bond motifs is 1. The van der Waals surface area contributed by atoms with E-state index in [1.54, 1.807) is 36.4 Å². The number of halogens is 2. The monoisotopic (exact) mass is 641 g/mol. The molecule has 0 bridgehead atoms. The molecule has 44 heavy (non-hydrogen) atoms. The Balaban J connectivity index is 1.98. The molecule has 1 atom stereocenters. The van der Waals surface area contributed by atoms with Gasteiger partial charge in [0, 0.05) is 45.6 Å². The second-order valence-corrected chi connectivity index (χ2v) is 10.2. The topological polar surface area (TPSA) is 216 Å². The molecule has 1 heterocycles. The van der Waals surface area contributed by atoms with Gasteiger partial charge in [0.15, 0.2) is 0 Å². The van der Waals surface area contributed by atoms with Gasteiger partial charge in [-0.1, -0.05) is 35.4 Å². The van der Waals surface area contributed by atoms with E-state index in [9.17, 15) is 14.4 Å². The maximum absolute atomic E-state index is 13.1. The lowest BCUT2D eigenvalue weighted by molar-refractivity contribution is -0.117. The number of anilines is 3. The molecule has 0 saturated carbocycles. The molecule has 0 fully saturated rings. The maximum atomic E-state index is 13.1. The lowest BCUT2D eigenvalue weighted by Gasteiger charge is -2.20. The highest BCUT2D eigenvalue weighted by Crippen LogP contribution is 2.29. The molecule has 0 radical (unpaired) electrons. The highest BCUT2D eigenvalue weighted by atomic mass is 35.5. The Labute approximate surface area is 264 Å². The second-order valence-electron chi connectivity index (χ2n) is 9.34. The van der Waals surface area contributed by atoms with Crippen molar-refractivity contribution in [3.63, 3.8) is 0 Å². The normalized spacial score (nSPS) is 18.9. The fourth-order valence-electron chi connectivity index (χ4n) is 4.18. The van der Waals surface area contributed by atoms with Crippen molar-refractivity contribution in [3.8, 4) is 0 Å². The summed E-state index contributed by atoms with van der Waals surface area (Å²) in [5, 5.41) is 13.2. The molecule has 0 spiro atoms. The number of benzene rings is 2. The average Bonchev–Trinajstić information content (AvgIpc) is 2.98. The van der Waals surface area contributed by atoms with Gasteiger partial charge in [0.2, 0.25) is 11.8 Å². The minimum absolute atomic E-state index is 0.1000. The average molecular weight is 643 g/mol. The summed E-state index contributed by atoms with van der Waals surface area (Å²) < 4.78 is 4.65. The van der Waals surface area contributed by atoms with Gasteiger partial charge in [-0.05, 0) is 61.4 Å². The predicted octanol–water partition coefficient (Wildman–Crippen LogP) is 3.69.